The summed E-state index contributed by atoms with van der Waals surface area (Å²) in [7, 11) is 0. The number of hydrogen-bond acceptors (Lipinski definition) is 4. The smallest absolute Gasteiger partial charge is 0.307 e. The summed E-state index contributed by atoms with van der Waals surface area (Å²) < 4.78 is 5.82. The molecule has 2 aromatic carbocycles. The maximum atomic E-state index is 12.3. The first kappa shape index (κ1) is 17.0. The summed E-state index contributed by atoms with van der Waals surface area (Å²) >= 11 is 0. The van der Waals surface area contributed by atoms with Crippen LogP contribution in [0.25, 0.3) is 0 Å². The summed E-state index contributed by atoms with van der Waals surface area (Å²) in [4.78, 5) is 25.1. The number of carbonyl (C=O) groups is 2. The quantitative estimate of drug-likeness (QED) is 0.845. The molecule has 0 radical (unpaired) electrons. The van der Waals surface area contributed by atoms with Crippen molar-refractivity contribution in [3.05, 3.63) is 54.6 Å². The summed E-state index contributed by atoms with van der Waals surface area (Å²) in [5.41, 5.74) is 0.588. The molecule has 1 amide bonds. The van der Waals surface area contributed by atoms with Gasteiger partial charge in [-0.2, -0.15) is 0 Å². The normalized spacial score (nSPS) is 17.2. The molecule has 0 bridgehead atoms. The summed E-state index contributed by atoms with van der Waals surface area (Å²) in [6.45, 7) is 1.20. The Balaban J connectivity index is 1.61. The minimum atomic E-state index is -0.801. The third kappa shape index (κ3) is 4.58. The van der Waals surface area contributed by atoms with Gasteiger partial charge in [0.05, 0.1) is 18.2 Å². The zero-order chi connectivity index (χ0) is 17.6. The fraction of sp³-hybridized carbons (Fsp3) is 0.263. The fourth-order valence-corrected chi connectivity index (χ4v) is 2.85. The molecule has 1 fully saturated rings. The van der Waals surface area contributed by atoms with Crippen LogP contribution in [0, 0.1) is 5.92 Å². The van der Waals surface area contributed by atoms with Gasteiger partial charge < -0.3 is 15.2 Å². The van der Waals surface area contributed by atoms with Crippen LogP contribution in [0.2, 0.25) is 0 Å². The third-order valence-electron chi connectivity index (χ3n) is 4.12. The molecule has 1 heterocycles. The van der Waals surface area contributed by atoms with Crippen LogP contribution < -0.4 is 10.1 Å². The van der Waals surface area contributed by atoms with Gasteiger partial charge in [-0.1, -0.05) is 30.3 Å². The first-order valence-electron chi connectivity index (χ1n) is 8.19. The zero-order valence-corrected chi connectivity index (χ0v) is 13.7. The summed E-state index contributed by atoms with van der Waals surface area (Å²) in [5, 5.41) is 11.9. The number of ether oxygens (including phenoxy) is 1. The number of para-hydroxylation sites is 3. The van der Waals surface area contributed by atoms with Crippen molar-refractivity contribution in [2.75, 3.05) is 25.0 Å². The number of carbonyl (C=O) groups excluding carboxylic acids is 1. The number of carboxylic acids is 1. The number of nitrogens with zero attached hydrogens (tertiary/aromatic N) is 1. The van der Waals surface area contributed by atoms with E-state index in [1.54, 1.807) is 12.1 Å². The molecule has 1 aliphatic heterocycles. The van der Waals surface area contributed by atoms with E-state index in [1.807, 2.05) is 47.4 Å². The highest BCUT2D eigenvalue weighted by Crippen LogP contribution is 2.29. The Bertz CT molecular complexity index is 748. The van der Waals surface area contributed by atoms with Crippen LogP contribution >= 0.6 is 0 Å². The first-order valence-corrected chi connectivity index (χ1v) is 8.19. The lowest BCUT2D eigenvalue weighted by atomic mass is 10.1. The Hall–Kier alpha value is -2.86. The van der Waals surface area contributed by atoms with Gasteiger partial charge in [-0.05, 0) is 37.2 Å². The molecule has 25 heavy (non-hydrogen) atoms. The molecule has 1 aliphatic rings. The van der Waals surface area contributed by atoms with Crippen LogP contribution in [0.4, 0.5) is 5.69 Å². The maximum Gasteiger partial charge on any atom is 0.307 e. The molecule has 3 rings (SSSR count). The summed E-state index contributed by atoms with van der Waals surface area (Å²) in [5.74, 6) is -0.124. The van der Waals surface area contributed by atoms with Gasteiger partial charge in [0.15, 0.2) is 5.75 Å². The second kappa shape index (κ2) is 7.81. The van der Waals surface area contributed by atoms with E-state index in [0.717, 1.165) is 0 Å². The highest BCUT2D eigenvalue weighted by Gasteiger charge is 2.29. The van der Waals surface area contributed by atoms with Crippen LogP contribution in [0.5, 0.6) is 11.5 Å². The van der Waals surface area contributed by atoms with E-state index in [4.69, 9.17) is 9.84 Å². The molecule has 1 atom stereocenters. The highest BCUT2D eigenvalue weighted by molar-refractivity contribution is 5.93. The molecule has 1 saturated heterocycles. The topological polar surface area (TPSA) is 78.9 Å². The molecule has 130 valence electrons. The van der Waals surface area contributed by atoms with E-state index in [2.05, 4.69) is 5.32 Å². The monoisotopic (exact) mass is 340 g/mol. The predicted octanol–water partition coefficient (Wildman–Crippen LogP) is 2.82. The Morgan fingerprint density at radius 1 is 1.12 bits per heavy atom. The molecule has 0 spiro atoms. The number of carboxylic acid groups (broad SMARTS) is 1. The molecular formula is C19H20N2O4. The van der Waals surface area contributed by atoms with Gasteiger partial charge in [0, 0.05) is 6.54 Å². The summed E-state index contributed by atoms with van der Waals surface area (Å²) in [6.07, 6.45) is 0.580. The minimum Gasteiger partial charge on any atom is -0.481 e. The maximum absolute atomic E-state index is 12.3. The largest absolute Gasteiger partial charge is 0.481 e. The highest BCUT2D eigenvalue weighted by atomic mass is 16.5. The van der Waals surface area contributed by atoms with Crippen molar-refractivity contribution in [3.63, 3.8) is 0 Å². The number of rotatable bonds is 6. The second-order valence-electron chi connectivity index (χ2n) is 6.02. The average molecular weight is 340 g/mol. The molecule has 2 aromatic rings. The molecule has 0 aromatic heterocycles. The zero-order valence-electron chi connectivity index (χ0n) is 13.7. The van der Waals surface area contributed by atoms with E-state index >= 15 is 0 Å². The van der Waals surface area contributed by atoms with E-state index in [0.29, 0.717) is 36.7 Å². The average Bonchev–Trinajstić information content (AvgIpc) is 3.06. The Morgan fingerprint density at radius 3 is 2.56 bits per heavy atom. The number of amides is 1. The van der Waals surface area contributed by atoms with Crippen molar-refractivity contribution in [3.8, 4) is 11.5 Å². The van der Waals surface area contributed by atoms with Gasteiger partial charge in [-0.3, -0.25) is 14.5 Å². The van der Waals surface area contributed by atoms with Gasteiger partial charge in [-0.25, -0.2) is 0 Å². The molecule has 6 heteroatoms. The summed E-state index contributed by atoms with van der Waals surface area (Å²) in [6, 6.07) is 16.6. The standard InChI is InChI=1S/C19H20N2O4/c22-18(13-21-11-10-14(12-21)19(23)24)20-16-8-4-5-9-17(16)25-15-6-2-1-3-7-15/h1-9,14H,10-13H2,(H,20,22)(H,23,24). The molecular weight excluding hydrogens is 320 g/mol. The molecule has 6 nitrogen and oxygen atoms in total. The lowest BCUT2D eigenvalue weighted by molar-refractivity contribution is -0.141. The van der Waals surface area contributed by atoms with Crippen LogP contribution in [0.1, 0.15) is 6.42 Å². The Kier molecular flexibility index (Phi) is 5.30. The number of benzene rings is 2. The van der Waals surface area contributed by atoms with Gasteiger partial charge in [0.2, 0.25) is 5.91 Å². The first-order chi connectivity index (χ1) is 12.1. The molecule has 0 saturated carbocycles. The third-order valence-corrected chi connectivity index (χ3v) is 4.12. The van der Waals surface area contributed by atoms with Crippen molar-refractivity contribution >= 4 is 17.6 Å². The van der Waals surface area contributed by atoms with Crippen molar-refractivity contribution < 1.29 is 19.4 Å². The predicted molar refractivity (Wildman–Crippen MR) is 93.8 cm³/mol. The lowest BCUT2D eigenvalue weighted by Crippen LogP contribution is -2.32. The SMILES string of the molecule is O=C(CN1CCC(C(=O)O)C1)Nc1ccccc1Oc1ccccc1. The lowest BCUT2D eigenvalue weighted by Gasteiger charge is -2.16. The van der Waals surface area contributed by atoms with Gasteiger partial charge in [0.1, 0.15) is 5.75 Å². The number of anilines is 1. The molecule has 1 unspecified atom stereocenters. The van der Waals surface area contributed by atoms with E-state index in [1.165, 1.54) is 0 Å². The van der Waals surface area contributed by atoms with E-state index < -0.39 is 5.97 Å². The van der Waals surface area contributed by atoms with Crippen molar-refractivity contribution in [1.82, 2.24) is 4.90 Å². The Labute approximate surface area is 146 Å². The van der Waals surface area contributed by atoms with E-state index in [-0.39, 0.29) is 18.4 Å². The van der Waals surface area contributed by atoms with Crippen LogP contribution in [-0.4, -0.2) is 41.5 Å². The number of likely N-dealkylation sites (tertiary alicyclic amines) is 1. The van der Waals surface area contributed by atoms with Crippen LogP contribution in [0.15, 0.2) is 54.6 Å². The molecule has 2 N–H and O–H groups in total. The second-order valence-corrected chi connectivity index (χ2v) is 6.02. The van der Waals surface area contributed by atoms with Gasteiger partial charge in [-0.15, -0.1) is 0 Å². The van der Waals surface area contributed by atoms with Crippen LogP contribution in [0.3, 0.4) is 0 Å². The fourth-order valence-electron chi connectivity index (χ4n) is 2.85. The number of hydrogen-bond donors (Lipinski definition) is 2. The van der Waals surface area contributed by atoms with Crippen LogP contribution in [-0.2, 0) is 9.59 Å². The van der Waals surface area contributed by atoms with Gasteiger partial charge in [0.25, 0.3) is 0 Å². The van der Waals surface area contributed by atoms with Crippen molar-refractivity contribution in [1.29, 1.82) is 0 Å². The minimum absolute atomic E-state index is 0.170. The molecule has 0 aliphatic carbocycles. The Morgan fingerprint density at radius 2 is 1.84 bits per heavy atom. The van der Waals surface area contributed by atoms with Crippen molar-refractivity contribution in [2.45, 2.75) is 6.42 Å². The number of nitrogens with one attached hydrogen (secondary N) is 1. The van der Waals surface area contributed by atoms with Gasteiger partial charge >= 0.3 is 5.97 Å². The van der Waals surface area contributed by atoms with E-state index in [9.17, 15) is 9.59 Å². The van der Waals surface area contributed by atoms with Crippen molar-refractivity contribution in [2.24, 2.45) is 5.92 Å². The number of aliphatic carboxylic acids is 1.